The topological polar surface area (TPSA) is 67.1 Å². The van der Waals surface area contributed by atoms with E-state index in [1.165, 1.54) is 51.4 Å². The Kier molecular flexibility index (Phi) is 6.10. The van der Waals surface area contributed by atoms with Crippen LogP contribution in [0.4, 0.5) is 0 Å². The molecule has 1 aliphatic carbocycles. The van der Waals surface area contributed by atoms with Crippen molar-refractivity contribution >= 4 is 5.96 Å². The smallest absolute Gasteiger partial charge is 0.191 e. The van der Waals surface area contributed by atoms with E-state index in [2.05, 4.69) is 37.3 Å². The number of rotatable bonds is 6. The molecular formula is C18H32N6. The summed E-state index contributed by atoms with van der Waals surface area (Å²) in [5.41, 5.74) is 0. The summed E-state index contributed by atoms with van der Waals surface area (Å²) in [6, 6.07) is 0.447. The fourth-order valence-corrected chi connectivity index (χ4v) is 3.97. The van der Waals surface area contributed by atoms with Crippen LogP contribution >= 0.6 is 0 Å². The summed E-state index contributed by atoms with van der Waals surface area (Å²) >= 11 is 0. The molecule has 0 spiro atoms. The average Bonchev–Trinajstić information content (AvgIpc) is 3.22. The number of hydrogen-bond acceptors (Lipinski definition) is 3. The highest BCUT2D eigenvalue weighted by Crippen LogP contribution is 2.27. The number of nitrogens with zero attached hydrogens (tertiary/aromatic N) is 4. The van der Waals surface area contributed by atoms with Gasteiger partial charge in [-0.25, -0.2) is 0 Å². The van der Waals surface area contributed by atoms with Crippen molar-refractivity contribution in [2.24, 2.45) is 10.9 Å². The Morgan fingerprint density at radius 3 is 2.88 bits per heavy atom. The first-order chi connectivity index (χ1) is 11.8. The van der Waals surface area contributed by atoms with Crippen molar-refractivity contribution in [1.29, 1.82) is 0 Å². The van der Waals surface area contributed by atoms with E-state index in [4.69, 9.17) is 0 Å². The van der Waals surface area contributed by atoms with Gasteiger partial charge >= 0.3 is 0 Å². The van der Waals surface area contributed by atoms with Crippen LogP contribution in [0.5, 0.6) is 0 Å². The summed E-state index contributed by atoms with van der Waals surface area (Å²) in [4.78, 5) is 4.35. The molecule has 134 valence electrons. The highest BCUT2D eigenvalue weighted by molar-refractivity contribution is 5.79. The lowest BCUT2D eigenvalue weighted by Crippen LogP contribution is -2.42. The summed E-state index contributed by atoms with van der Waals surface area (Å²) in [6.45, 7) is 3.98. The Morgan fingerprint density at radius 1 is 1.25 bits per heavy atom. The number of fused-ring (bicyclic) bond motifs is 1. The third-order valence-corrected chi connectivity index (χ3v) is 5.44. The second-order valence-electron chi connectivity index (χ2n) is 7.34. The van der Waals surface area contributed by atoms with Crippen molar-refractivity contribution in [3.63, 3.8) is 0 Å². The van der Waals surface area contributed by atoms with Gasteiger partial charge in [0.1, 0.15) is 5.82 Å². The molecule has 2 heterocycles. The fourth-order valence-electron chi connectivity index (χ4n) is 3.97. The van der Waals surface area contributed by atoms with Gasteiger partial charge in [0.05, 0.1) is 6.54 Å². The molecule has 1 atom stereocenters. The highest BCUT2D eigenvalue weighted by Gasteiger charge is 2.18. The maximum absolute atomic E-state index is 4.35. The standard InChI is InChI=1S/C18H32N6/c1-14(10-11-15-7-4-3-5-8-15)21-18(19-2)20-13-17-23-22-16-9-6-12-24(16)17/h14-15H,3-13H2,1-2H3,(H2,19,20,21). The Hall–Kier alpha value is -1.59. The summed E-state index contributed by atoms with van der Waals surface area (Å²) in [7, 11) is 1.83. The molecule has 2 aliphatic rings. The van der Waals surface area contributed by atoms with Gasteiger partial charge in [-0.2, -0.15) is 0 Å². The Labute approximate surface area is 145 Å². The van der Waals surface area contributed by atoms with E-state index in [0.717, 1.165) is 36.5 Å². The number of hydrogen-bond donors (Lipinski definition) is 2. The quantitative estimate of drug-likeness (QED) is 0.621. The van der Waals surface area contributed by atoms with Gasteiger partial charge in [-0.3, -0.25) is 4.99 Å². The molecule has 1 aromatic rings. The van der Waals surface area contributed by atoms with E-state index >= 15 is 0 Å². The Balaban J connectivity index is 1.40. The van der Waals surface area contributed by atoms with Crippen LogP contribution in [0.15, 0.2) is 4.99 Å². The third-order valence-electron chi connectivity index (χ3n) is 5.44. The molecule has 0 radical (unpaired) electrons. The fraction of sp³-hybridized carbons (Fsp3) is 0.833. The monoisotopic (exact) mass is 332 g/mol. The van der Waals surface area contributed by atoms with Gasteiger partial charge in [0.25, 0.3) is 0 Å². The van der Waals surface area contributed by atoms with E-state index < -0.39 is 0 Å². The molecule has 0 aromatic carbocycles. The molecular weight excluding hydrogens is 300 g/mol. The molecule has 24 heavy (non-hydrogen) atoms. The Bertz CT molecular complexity index is 544. The van der Waals surface area contributed by atoms with E-state index in [1.54, 1.807) is 0 Å². The van der Waals surface area contributed by atoms with E-state index in [1.807, 2.05) is 7.05 Å². The minimum absolute atomic E-state index is 0.447. The highest BCUT2D eigenvalue weighted by atomic mass is 15.3. The maximum atomic E-state index is 4.35. The second-order valence-corrected chi connectivity index (χ2v) is 7.34. The number of aromatic nitrogens is 3. The minimum atomic E-state index is 0.447. The van der Waals surface area contributed by atoms with Crippen LogP contribution in [0, 0.1) is 5.92 Å². The molecule has 6 heteroatoms. The van der Waals surface area contributed by atoms with Crippen molar-refractivity contribution in [1.82, 2.24) is 25.4 Å². The zero-order valence-electron chi connectivity index (χ0n) is 15.2. The largest absolute Gasteiger partial charge is 0.354 e. The van der Waals surface area contributed by atoms with Gasteiger partial charge in [-0.05, 0) is 32.1 Å². The lowest BCUT2D eigenvalue weighted by Gasteiger charge is -2.24. The molecule has 0 amide bonds. The van der Waals surface area contributed by atoms with Crippen molar-refractivity contribution < 1.29 is 0 Å². The van der Waals surface area contributed by atoms with Crippen LogP contribution in [0.25, 0.3) is 0 Å². The number of nitrogens with one attached hydrogen (secondary N) is 2. The van der Waals surface area contributed by atoms with Crippen LogP contribution in [-0.2, 0) is 19.5 Å². The van der Waals surface area contributed by atoms with Crippen LogP contribution in [-0.4, -0.2) is 33.8 Å². The van der Waals surface area contributed by atoms with Gasteiger partial charge < -0.3 is 15.2 Å². The first-order valence-electron chi connectivity index (χ1n) is 9.64. The van der Waals surface area contributed by atoms with Gasteiger partial charge in [-0.1, -0.05) is 32.1 Å². The lowest BCUT2D eigenvalue weighted by atomic mass is 9.85. The van der Waals surface area contributed by atoms with Crippen molar-refractivity contribution in [2.45, 2.75) is 83.8 Å². The van der Waals surface area contributed by atoms with Crippen molar-refractivity contribution in [3.8, 4) is 0 Å². The van der Waals surface area contributed by atoms with Gasteiger partial charge in [0.2, 0.25) is 0 Å². The summed E-state index contributed by atoms with van der Waals surface area (Å²) in [5, 5.41) is 15.4. The molecule has 2 N–H and O–H groups in total. The number of guanidine groups is 1. The van der Waals surface area contributed by atoms with Gasteiger partial charge in [0, 0.05) is 26.1 Å². The molecule has 3 rings (SSSR count). The molecule has 0 saturated heterocycles. The summed E-state index contributed by atoms with van der Waals surface area (Å²) in [5.74, 6) is 3.94. The molecule has 1 fully saturated rings. The molecule has 0 bridgehead atoms. The summed E-state index contributed by atoms with van der Waals surface area (Å²) < 4.78 is 2.23. The average molecular weight is 332 g/mol. The van der Waals surface area contributed by atoms with Gasteiger partial charge in [0.15, 0.2) is 11.8 Å². The predicted octanol–water partition coefficient (Wildman–Crippen LogP) is 2.64. The van der Waals surface area contributed by atoms with Gasteiger partial charge in [-0.15, -0.1) is 10.2 Å². The first-order valence-corrected chi connectivity index (χ1v) is 9.64. The van der Waals surface area contributed by atoms with Crippen LogP contribution in [0.2, 0.25) is 0 Å². The zero-order chi connectivity index (χ0) is 16.8. The van der Waals surface area contributed by atoms with Crippen LogP contribution < -0.4 is 10.6 Å². The first kappa shape index (κ1) is 17.2. The molecule has 1 unspecified atom stereocenters. The summed E-state index contributed by atoms with van der Waals surface area (Å²) in [6.07, 6.45) is 11.9. The van der Waals surface area contributed by atoms with Crippen LogP contribution in [0.3, 0.4) is 0 Å². The van der Waals surface area contributed by atoms with E-state index in [9.17, 15) is 0 Å². The van der Waals surface area contributed by atoms with E-state index in [-0.39, 0.29) is 0 Å². The third kappa shape index (κ3) is 4.48. The minimum Gasteiger partial charge on any atom is -0.354 e. The SMILES string of the molecule is CN=C(NCc1nnc2n1CCC2)NC(C)CCC1CCCCC1. The van der Waals surface area contributed by atoms with Crippen molar-refractivity contribution in [3.05, 3.63) is 11.6 Å². The second kappa shape index (κ2) is 8.49. The zero-order valence-corrected chi connectivity index (χ0v) is 15.2. The van der Waals surface area contributed by atoms with Crippen LogP contribution in [0.1, 0.15) is 69.9 Å². The van der Waals surface area contributed by atoms with E-state index in [0.29, 0.717) is 12.6 Å². The molecule has 1 aromatic heterocycles. The number of aliphatic imine (C=N–C) groups is 1. The number of aryl methyl sites for hydroxylation is 1. The predicted molar refractivity (Wildman–Crippen MR) is 96.9 cm³/mol. The van der Waals surface area contributed by atoms with Crippen molar-refractivity contribution in [2.75, 3.05) is 7.05 Å². The maximum Gasteiger partial charge on any atom is 0.191 e. The normalized spacial score (nSPS) is 20.0. The lowest BCUT2D eigenvalue weighted by molar-refractivity contribution is 0.322. The molecule has 1 saturated carbocycles. The molecule has 1 aliphatic heterocycles. The molecule has 6 nitrogen and oxygen atoms in total. The Morgan fingerprint density at radius 2 is 2.08 bits per heavy atom.